The lowest BCUT2D eigenvalue weighted by Gasteiger charge is -2.21. The Kier molecular flexibility index (Phi) is 4.53. The van der Waals surface area contributed by atoms with Gasteiger partial charge in [0.1, 0.15) is 0 Å². The van der Waals surface area contributed by atoms with E-state index in [0.717, 1.165) is 12.2 Å². The van der Waals surface area contributed by atoms with Gasteiger partial charge in [0.2, 0.25) is 5.91 Å². The highest BCUT2D eigenvalue weighted by Gasteiger charge is 2.12. The summed E-state index contributed by atoms with van der Waals surface area (Å²) in [5, 5.41) is 0. The van der Waals surface area contributed by atoms with Gasteiger partial charge in [0.25, 0.3) is 0 Å². The molecule has 1 aromatic carbocycles. The van der Waals surface area contributed by atoms with Crippen LogP contribution in [-0.2, 0) is 4.79 Å². The number of rotatable bonds is 4. The predicted octanol–water partition coefficient (Wildman–Crippen LogP) is 3.57. The smallest absolute Gasteiger partial charge is 0.226 e. The molecule has 0 unspecified atom stereocenters. The van der Waals surface area contributed by atoms with Crippen LogP contribution in [0, 0.1) is 0 Å². The van der Waals surface area contributed by atoms with E-state index in [1.807, 2.05) is 30.9 Å². The van der Waals surface area contributed by atoms with E-state index in [0.29, 0.717) is 12.3 Å². The van der Waals surface area contributed by atoms with Crippen LogP contribution < -0.4 is 4.90 Å². The van der Waals surface area contributed by atoms with Gasteiger partial charge in [-0.2, -0.15) is 0 Å². The first-order chi connectivity index (χ1) is 7.60. The minimum Gasteiger partial charge on any atom is -0.313 e. The Bertz CT molecular complexity index is 358. The fourth-order valence-corrected chi connectivity index (χ4v) is 1.75. The van der Waals surface area contributed by atoms with Crippen molar-refractivity contribution in [3.63, 3.8) is 0 Å². The zero-order valence-corrected chi connectivity index (χ0v) is 10.7. The van der Waals surface area contributed by atoms with E-state index in [2.05, 4.69) is 26.0 Å². The number of hydrogen-bond donors (Lipinski definition) is 0. The summed E-state index contributed by atoms with van der Waals surface area (Å²) < 4.78 is 0. The van der Waals surface area contributed by atoms with Crippen molar-refractivity contribution >= 4 is 11.6 Å². The number of carbonyl (C=O) groups excluding carboxylic acids is 1. The second kappa shape index (κ2) is 5.69. The molecule has 1 rings (SSSR count). The summed E-state index contributed by atoms with van der Waals surface area (Å²) in [5.41, 5.74) is 2.29. The van der Waals surface area contributed by atoms with Gasteiger partial charge >= 0.3 is 0 Å². The fourth-order valence-electron chi connectivity index (χ4n) is 1.75. The Balaban J connectivity index is 3.01. The number of benzene rings is 1. The van der Waals surface area contributed by atoms with Gasteiger partial charge in [0, 0.05) is 18.7 Å². The van der Waals surface area contributed by atoms with E-state index in [9.17, 15) is 4.79 Å². The van der Waals surface area contributed by atoms with Gasteiger partial charge in [-0.15, -0.1) is 0 Å². The van der Waals surface area contributed by atoms with Crippen LogP contribution in [0.25, 0.3) is 0 Å². The van der Waals surface area contributed by atoms with Crippen LogP contribution in [0.1, 0.15) is 45.6 Å². The average Bonchev–Trinajstić information content (AvgIpc) is 2.30. The molecule has 1 amide bonds. The maximum Gasteiger partial charge on any atom is 0.226 e. The van der Waals surface area contributed by atoms with Crippen molar-refractivity contribution in [2.75, 3.05) is 11.4 Å². The van der Waals surface area contributed by atoms with Crippen LogP contribution in [0.3, 0.4) is 0 Å². The van der Waals surface area contributed by atoms with Crippen molar-refractivity contribution in [1.82, 2.24) is 0 Å². The summed E-state index contributed by atoms with van der Waals surface area (Å²) in [6, 6.07) is 8.25. The first-order valence-corrected chi connectivity index (χ1v) is 6.00. The third-order valence-corrected chi connectivity index (χ3v) is 2.77. The molecule has 0 aliphatic rings. The molecule has 1 aromatic rings. The highest BCUT2D eigenvalue weighted by molar-refractivity contribution is 5.93. The van der Waals surface area contributed by atoms with Gasteiger partial charge in [-0.1, -0.05) is 32.9 Å². The summed E-state index contributed by atoms with van der Waals surface area (Å²) in [6.45, 7) is 8.97. The zero-order chi connectivity index (χ0) is 12.1. The number of anilines is 1. The SMILES string of the molecule is CCC(=O)N(CC)c1cccc(C(C)C)c1. The average molecular weight is 219 g/mol. The van der Waals surface area contributed by atoms with E-state index in [1.165, 1.54) is 5.56 Å². The summed E-state index contributed by atoms with van der Waals surface area (Å²) in [6.07, 6.45) is 0.555. The summed E-state index contributed by atoms with van der Waals surface area (Å²) in [5.74, 6) is 0.679. The number of hydrogen-bond acceptors (Lipinski definition) is 1. The van der Waals surface area contributed by atoms with Crippen molar-refractivity contribution in [3.05, 3.63) is 29.8 Å². The second-order valence-electron chi connectivity index (χ2n) is 4.24. The van der Waals surface area contributed by atoms with Gasteiger partial charge in [-0.05, 0) is 30.5 Å². The van der Waals surface area contributed by atoms with E-state index in [-0.39, 0.29) is 5.91 Å². The van der Waals surface area contributed by atoms with Gasteiger partial charge < -0.3 is 4.90 Å². The molecule has 0 atom stereocenters. The monoisotopic (exact) mass is 219 g/mol. The fraction of sp³-hybridized carbons (Fsp3) is 0.500. The minimum atomic E-state index is 0.184. The molecule has 0 saturated heterocycles. The van der Waals surface area contributed by atoms with Crippen LogP contribution in [0.2, 0.25) is 0 Å². The van der Waals surface area contributed by atoms with Crippen molar-refractivity contribution < 1.29 is 4.79 Å². The van der Waals surface area contributed by atoms with E-state index < -0.39 is 0 Å². The Morgan fingerprint density at radius 2 is 2.00 bits per heavy atom. The molecule has 0 radical (unpaired) electrons. The summed E-state index contributed by atoms with van der Waals surface area (Å²) in [7, 11) is 0. The lowest BCUT2D eigenvalue weighted by Crippen LogP contribution is -2.29. The lowest BCUT2D eigenvalue weighted by molar-refractivity contribution is -0.118. The van der Waals surface area contributed by atoms with Crippen LogP contribution in [0.15, 0.2) is 24.3 Å². The Hall–Kier alpha value is -1.31. The van der Waals surface area contributed by atoms with E-state index in [4.69, 9.17) is 0 Å². The molecule has 2 heteroatoms. The van der Waals surface area contributed by atoms with Crippen molar-refractivity contribution in [2.24, 2.45) is 0 Å². The number of carbonyl (C=O) groups is 1. The molecule has 0 aliphatic heterocycles. The molecule has 0 aromatic heterocycles. The molecule has 0 aliphatic carbocycles. The lowest BCUT2D eigenvalue weighted by atomic mass is 10.0. The first kappa shape index (κ1) is 12.8. The highest BCUT2D eigenvalue weighted by Crippen LogP contribution is 2.22. The molecule has 16 heavy (non-hydrogen) atoms. The van der Waals surface area contributed by atoms with Crippen molar-refractivity contribution in [1.29, 1.82) is 0 Å². The Morgan fingerprint density at radius 1 is 1.31 bits per heavy atom. The van der Waals surface area contributed by atoms with Gasteiger partial charge in [0.05, 0.1) is 0 Å². The number of amides is 1. The van der Waals surface area contributed by atoms with Crippen LogP contribution in [-0.4, -0.2) is 12.5 Å². The van der Waals surface area contributed by atoms with E-state index >= 15 is 0 Å². The van der Waals surface area contributed by atoms with Gasteiger partial charge in [-0.3, -0.25) is 4.79 Å². The largest absolute Gasteiger partial charge is 0.313 e. The van der Waals surface area contributed by atoms with Crippen LogP contribution >= 0.6 is 0 Å². The Labute approximate surface area is 98.3 Å². The zero-order valence-electron chi connectivity index (χ0n) is 10.7. The third kappa shape index (κ3) is 2.84. The number of nitrogens with zero attached hydrogens (tertiary/aromatic N) is 1. The first-order valence-electron chi connectivity index (χ1n) is 6.00. The quantitative estimate of drug-likeness (QED) is 0.758. The Morgan fingerprint density at radius 3 is 2.50 bits per heavy atom. The normalized spacial score (nSPS) is 10.6. The van der Waals surface area contributed by atoms with Crippen LogP contribution in [0.5, 0.6) is 0 Å². The van der Waals surface area contributed by atoms with Crippen LogP contribution in [0.4, 0.5) is 5.69 Å². The molecule has 0 saturated carbocycles. The molecule has 0 fully saturated rings. The minimum absolute atomic E-state index is 0.184. The standard InChI is InChI=1S/C14H21NO/c1-5-14(16)15(6-2)13-9-7-8-12(10-13)11(3)4/h7-11H,5-6H2,1-4H3. The molecular weight excluding hydrogens is 198 g/mol. The van der Waals surface area contributed by atoms with Crippen molar-refractivity contribution in [2.45, 2.75) is 40.0 Å². The summed E-state index contributed by atoms with van der Waals surface area (Å²) >= 11 is 0. The second-order valence-corrected chi connectivity index (χ2v) is 4.24. The molecule has 0 heterocycles. The molecule has 0 spiro atoms. The van der Waals surface area contributed by atoms with Gasteiger partial charge in [0.15, 0.2) is 0 Å². The third-order valence-electron chi connectivity index (χ3n) is 2.77. The maximum atomic E-state index is 11.8. The molecule has 0 N–H and O–H groups in total. The highest BCUT2D eigenvalue weighted by atomic mass is 16.2. The molecular formula is C14H21NO. The van der Waals surface area contributed by atoms with Gasteiger partial charge in [-0.25, -0.2) is 0 Å². The van der Waals surface area contributed by atoms with Crippen molar-refractivity contribution in [3.8, 4) is 0 Å². The topological polar surface area (TPSA) is 20.3 Å². The maximum absolute atomic E-state index is 11.8. The molecule has 0 bridgehead atoms. The predicted molar refractivity (Wildman–Crippen MR) is 68.8 cm³/mol. The van der Waals surface area contributed by atoms with E-state index in [1.54, 1.807) is 0 Å². The molecule has 88 valence electrons. The molecule has 2 nitrogen and oxygen atoms in total. The summed E-state index contributed by atoms with van der Waals surface area (Å²) in [4.78, 5) is 13.6.